The molecule has 0 aliphatic rings. The van der Waals surface area contributed by atoms with E-state index in [1.807, 2.05) is 13.0 Å². The van der Waals surface area contributed by atoms with Crippen LogP contribution in [0.15, 0.2) is 47.3 Å². The molecule has 1 atom stereocenters. The first kappa shape index (κ1) is 17.6. The summed E-state index contributed by atoms with van der Waals surface area (Å²) in [5.74, 6) is -0.309. The van der Waals surface area contributed by atoms with Gasteiger partial charge < -0.3 is 10.2 Å². The third-order valence-corrected chi connectivity index (χ3v) is 4.08. The van der Waals surface area contributed by atoms with Gasteiger partial charge in [-0.3, -0.25) is 4.98 Å². The molecule has 4 aromatic rings. The summed E-state index contributed by atoms with van der Waals surface area (Å²) in [6.07, 6.45) is 2.07. The molecule has 4 aromatic heterocycles. The van der Waals surface area contributed by atoms with Crippen LogP contribution in [0, 0.1) is 0 Å². The number of pyridine rings is 2. The molecule has 0 saturated carbocycles. The largest absolute Gasteiger partial charge is 0.415 e. The molecule has 9 nitrogen and oxygen atoms in total. The lowest BCUT2D eigenvalue weighted by Gasteiger charge is -2.10. The average molecular weight is 384 g/mol. The molecule has 11 heteroatoms. The van der Waals surface area contributed by atoms with E-state index >= 15 is 0 Å². The van der Waals surface area contributed by atoms with Crippen LogP contribution in [-0.2, 0) is 0 Å². The molecule has 28 heavy (non-hydrogen) atoms. The monoisotopic (exact) mass is 384 g/mol. The van der Waals surface area contributed by atoms with E-state index in [1.54, 1.807) is 35.3 Å². The lowest BCUT2D eigenvalue weighted by atomic mass is 10.2. The summed E-state index contributed by atoms with van der Waals surface area (Å²) in [5.41, 5.74) is 8.18. The van der Waals surface area contributed by atoms with Crippen LogP contribution in [0.1, 0.15) is 31.0 Å². The number of aromatic nitrogens is 7. The summed E-state index contributed by atoms with van der Waals surface area (Å²) >= 11 is 0. The molecule has 0 aromatic carbocycles. The van der Waals surface area contributed by atoms with Crippen molar-refractivity contribution in [3.8, 4) is 22.7 Å². The Bertz CT molecular complexity index is 1080. The standard InChI is InChI=1S/C17H14F2N8O/c1-9(27-8-13(23-26-27)10-3-5-14(20)22-6-10)12-4-2-11(7-21-12)16-24-25-17(28-16)15(18)19/h2-9,15H,1H3,(H2,20,22)/t9-/m1/s1. The van der Waals surface area contributed by atoms with Gasteiger partial charge in [0.15, 0.2) is 0 Å². The van der Waals surface area contributed by atoms with Crippen LogP contribution < -0.4 is 5.73 Å². The molecule has 0 fully saturated rings. The summed E-state index contributed by atoms with van der Waals surface area (Å²) in [6.45, 7) is 1.91. The van der Waals surface area contributed by atoms with Crippen LogP contribution in [0.3, 0.4) is 0 Å². The smallest absolute Gasteiger partial charge is 0.314 e. The van der Waals surface area contributed by atoms with Gasteiger partial charge in [-0.15, -0.1) is 15.3 Å². The summed E-state index contributed by atoms with van der Waals surface area (Å²) < 4.78 is 31.7. The maximum absolute atomic E-state index is 12.6. The molecular weight excluding hydrogens is 370 g/mol. The van der Waals surface area contributed by atoms with Gasteiger partial charge in [0.25, 0.3) is 5.89 Å². The number of nitrogens with zero attached hydrogens (tertiary/aromatic N) is 7. The van der Waals surface area contributed by atoms with Gasteiger partial charge >= 0.3 is 6.43 Å². The highest BCUT2D eigenvalue weighted by atomic mass is 19.3. The van der Waals surface area contributed by atoms with Crippen molar-refractivity contribution in [1.82, 2.24) is 35.2 Å². The lowest BCUT2D eigenvalue weighted by molar-refractivity contribution is 0.116. The summed E-state index contributed by atoms with van der Waals surface area (Å²) in [5, 5.41) is 15.2. The van der Waals surface area contributed by atoms with Crippen molar-refractivity contribution in [2.24, 2.45) is 0 Å². The van der Waals surface area contributed by atoms with Gasteiger partial charge in [0.1, 0.15) is 11.5 Å². The molecule has 0 bridgehead atoms. The molecule has 0 unspecified atom stereocenters. The molecule has 142 valence electrons. The highest BCUT2D eigenvalue weighted by Gasteiger charge is 2.18. The first-order valence-corrected chi connectivity index (χ1v) is 8.23. The van der Waals surface area contributed by atoms with Gasteiger partial charge in [0.05, 0.1) is 23.5 Å². The number of hydrogen-bond acceptors (Lipinski definition) is 8. The molecule has 4 rings (SSSR count). The maximum Gasteiger partial charge on any atom is 0.314 e. The Labute approximate surface area is 157 Å². The number of anilines is 1. The molecule has 0 saturated heterocycles. The van der Waals surface area contributed by atoms with E-state index in [0.717, 1.165) is 5.56 Å². The minimum atomic E-state index is -2.81. The fourth-order valence-corrected chi connectivity index (χ4v) is 2.51. The van der Waals surface area contributed by atoms with Crippen LogP contribution in [0.25, 0.3) is 22.7 Å². The molecule has 0 amide bonds. The Hall–Kier alpha value is -3.76. The van der Waals surface area contributed by atoms with Gasteiger partial charge in [-0.25, -0.2) is 9.67 Å². The van der Waals surface area contributed by atoms with Crippen molar-refractivity contribution in [1.29, 1.82) is 0 Å². The Morgan fingerprint density at radius 1 is 1.00 bits per heavy atom. The SMILES string of the molecule is C[C@H](c1ccc(-c2nnc(C(F)F)o2)cn1)n1cc(-c2ccc(N)nc2)nn1. The van der Waals surface area contributed by atoms with Crippen molar-refractivity contribution in [2.45, 2.75) is 19.4 Å². The molecule has 2 N–H and O–H groups in total. The Balaban J connectivity index is 1.53. The quantitative estimate of drug-likeness (QED) is 0.557. The van der Waals surface area contributed by atoms with Crippen LogP contribution in [0.4, 0.5) is 14.6 Å². The lowest BCUT2D eigenvalue weighted by Crippen LogP contribution is -2.09. The molecule has 0 spiro atoms. The van der Waals surface area contributed by atoms with Crippen LogP contribution >= 0.6 is 0 Å². The van der Waals surface area contributed by atoms with E-state index in [2.05, 4.69) is 30.5 Å². The van der Waals surface area contributed by atoms with E-state index in [0.29, 0.717) is 22.8 Å². The number of hydrogen-bond donors (Lipinski definition) is 1. The summed E-state index contributed by atoms with van der Waals surface area (Å²) in [7, 11) is 0. The number of nitrogen functional groups attached to an aromatic ring is 1. The number of alkyl halides is 2. The normalized spacial score (nSPS) is 12.4. The Morgan fingerprint density at radius 2 is 1.79 bits per heavy atom. The van der Waals surface area contributed by atoms with Gasteiger partial charge in [-0.05, 0) is 31.2 Å². The molecule has 4 heterocycles. The fraction of sp³-hybridized carbons (Fsp3) is 0.176. The maximum atomic E-state index is 12.6. The van der Waals surface area contributed by atoms with Gasteiger partial charge in [-0.2, -0.15) is 8.78 Å². The molecule has 0 aliphatic heterocycles. The number of rotatable bonds is 5. The van der Waals surface area contributed by atoms with E-state index < -0.39 is 12.3 Å². The van der Waals surface area contributed by atoms with E-state index in [-0.39, 0.29) is 11.9 Å². The van der Waals surface area contributed by atoms with Crippen molar-refractivity contribution < 1.29 is 13.2 Å². The zero-order valence-electron chi connectivity index (χ0n) is 14.6. The zero-order valence-corrected chi connectivity index (χ0v) is 14.6. The van der Waals surface area contributed by atoms with Crippen molar-refractivity contribution >= 4 is 5.82 Å². The number of nitrogens with two attached hydrogens (primary N) is 1. The second kappa shape index (κ2) is 7.10. The third kappa shape index (κ3) is 3.41. The van der Waals surface area contributed by atoms with Crippen molar-refractivity contribution in [3.05, 3.63) is 54.4 Å². The first-order chi connectivity index (χ1) is 13.5. The van der Waals surface area contributed by atoms with Crippen LogP contribution in [0.5, 0.6) is 0 Å². The topological polar surface area (TPSA) is 121 Å². The Kier molecular flexibility index (Phi) is 4.47. The van der Waals surface area contributed by atoms with Gasteiger partial charge in [0, 0.05) is 18.0 Å². The summed E-state index contributed by atoms with van der Waals surface area (Å²) in [4.78, 5) is 8.39. The number of halogens is 2. The Morgan fingerprint density at radius 3 is 2.43 bits per heavy atom. The van der Waals surface area contributed by atoms with Gasteiger partial charge in [0.2, 0.25) is 5.89 Å². The van der Waals surface area contributed by atoms with Crippen molar-refractivity contribution in [2.75, 3.05) is 5.73 Å². The predicted molar refractivity (Wildman–Crippen MR) is 94.0 cm³/mol. The highest BCUT2D eigenvalue weighted by molar-refractivity contribution is 5.57. The van der Waals surface area contributed by atoms with Gasteiger partial charge in [-0.1, -0.05) is 5.21 Å². The van der Waals surface area contributed by atoms with E-state index in [9.17, 15) is 8.78 Å². The average Bonchev–Trinajstić information content (AvgIpc) is 3.38. The minimum Gasteiger partial charge on any atom is -0.415 e. The molecule has 0 radical (unpaired) electrons. The zero-order chi connectivity index (χ0) is 19.7. The summed E-state index contributed by atoms with van der Waals surface area (Å²) in [6, 6.07) is 6.69. The van der Waals surface area contributed by atoms with Crippen molar-refractivity contribution in [3.63, 3.8) is 0 Å². The van der Waals surface area contributed by atoms with E-state index in [4.69, 9.17) is 10.2 Å². The second-order valence-electron chi connectivity index (χ2n) is 5.95. The molecule has 0 aliphatic carbocycles. The van der Waals surface area contributed by atoms with Crippen LogP contribution in [0.2, 0.25) is 0 Å². The highest BCUT2D eigenvalue weighted by Crippen LogP contribution is 2.25. The predicted octanol–water partition coefficient (Wildman–Crippen LogP) is 2.91. The third-order valence-electron chi connectivity index (χ3n) is 4.08. The minimum absolute atomic E-state index is 0.0131. The van der Waals surface area contributed by atoms with E-state index in [1.165, 1.54) is 6.20 Å². The fourth-order valence-electron chi connectivity index (χ4n) is 2.51. The second-order valence-corrected chi connectivity index (χ2v) is 5.95. The molecular formula is C17H14F2N8O. The first-order valence-electron chi connectivity index (χ1n) is 8.23. The van der Waals surface area contributed by atoms with Crippen LogP contribution in [-0.4, -0.2) is 35.2 Å².